The monoisotopic (exact) mass is 346 g/mol. The van der Waals surface area contributed by atoms with E-state index in [2.05, 4.69) is 20.7 Å². The molecule has 1 aromatic heterocycles. The molecule has 2 aromatic rings. The number of amides is 1. The lowest BCUT2D eigenvalue weighted by Crippen LogP contribution is -2.37. The van der Waals surface area contributed by atoms with Gasteiger partial charge in [0.1, 0.15) is 13.2 Å². The molecule has 0 aliphatic carbocycles. The first kappa shape index (κ1) is 16.7. The molecule has 2 N–H and O–H groups in total. The van der Waals surface area contributed by atoms with Crippen LogP contribution in [0.4, 0.5) is 0 Å². The fraction of sp³-hybridized carbons (Fsp3) is 0.375. The number of nitrogens with zero attached hydrogens (tertiary/aromatic N) is 2. The highest BCUT2D eigenvalue weighted by molar-refractivity contribution is 5.90. The molecular weight excluding hydrogens is 328 g/mol. The van der Waals surface area contributed by atoms with E-state index in [0.717, 1.165) is 11.3 Å². The molecule has 9 nitrogen and oxygen atoms in total. The van der Waals surface area contributed by atoms with Crippen LogP contribution in [0.5, 0.6) is 11.5 Å². The minimum absolute atomic E-state index is 0.0240. The van der Waals surface area contributed by atoms with Gasteiger partial charge in [0.2, 0.25) is 0 Å². The van der Waals surface area contributed by atoms with Gasteiger partial charge < -0.3 is 19.5 Å². The van der Waals surface area contributed by atoms with Crippen molar-refractivity contribution in [2.45, 2.75) is 19.4 Å². The van der Waals surface area contributed by atoms with Crippen molar-refractivity contribution in [3.63, 3.8) is 0 Å². The number of aromatic amines is 1. The predicted octanol–water partition coefficient (Wildman–Crippen LogP) is 0.480. The van der Waals surface area contributed by atoms with Gasteiger partial charge in [-0.1, -0.05) is 6.07 Å². The van der Waals surface area contributed by atoms with Crippen molar-refractivity contribution in [2.75, 3.05) is 19.8 Å². The molecule has 1 amide bonds. The molecule has 1 atom stereocenters. The molecule has 1 unspecified atom stereocenters. The number of carbonyl (C=O) groups is 2. The van der Waals surface area contributed by atoms with Crippen molar-refractivity contribution in [3.05, 3.63) is 35.7 Å². The maximum Gasteiger partial charge on any atom is 0.361 e. The summed E-state index contributed by atoms with van der Waals surface area (Å²) >= 11 is 0. The summed E-state index contributed by atoms with van der Waals surface area (Å²) in [4.78, 5) is 23.7. The lowest BCUT2D eigenvalue weighted by molar-refractivity contribution is -0.129. The van der Waals surface area contributed by atoms with E-state index in [-0.39, 0.29) is 11.6 Å². The minimum atomic E-state index is -0.926. The van der Waals surface area contributed by atoms with Crippen molar-refractivity contribution in [3.8, 4) is 11.5 Å². The van der Waals surface area contributed by atoms with Crippen LogP contribution in [0, 0.1) is 0 Å². The fourth-order valence-electron chi connectivity index (χ4n) is 2.29. The zero-order valence-corrected chi connectivity index (χ0v) is 13.7. The maximum atomic E-state index is 12.0. The van der Waals surface area contributed by atoms with Gasteiger partial charge >= 0.3 is 5.97 Å². The second kappa shape index (κ2) is 7.65. The maximum absolute atomic E-state index is 12.0. The number of nitrogens with one attached hydrogen (secondary N) is 2. The fourth-order valence-corrected chi connectivity index (χ4v) is 2.29. The first-order chi connectivity index (χ1) is 12.1. The zero-order valence-electron chi connectivity index (χ0n) is 13.7. The molecule has 1 aliphatic heterocycles. The highest BCUT2D eigenvalue weighted by Crippen LogP contribution is 2.30. The normalized spacial score (nSPS) is 13.8. The third-order valence-corrected chi connectivity index (χ3v) is 3.60. The van der Waals surface area contributed by atoms with E-state index < -0.39 is 12.1 Å². The molecule has 0 radical (unpaired) electrons. The highest BCUT2D eigenvalue weighted by Gasteiger charge is 2.20. The van der Waals surface area contributed by atoms with Gasteiger partial charge in [0.25, 0.3) is 5.91 Å². The van der Waals surface area contributed by atoms with E-state index in [9.17, 15) is 9.59 Å². The summed E-state index contributed by atoms with van der Waals surface area (Å²) in [6.07, 6.45) is 0.922. The van der Waals surface area contributed by atoms with Crippen LogP contribution in [-0.4, -0.2) is 53.1 Å². The lowest BCUT2D eigenvalue weighted by atomic mass is 10.1. The molecule has 0 saturated carbocycles. The Hall–Kier alpha value is -3.10. The Morgan fingerprint density at radius 1 is 1.32 bits per heavy atom. The first-order valence-electron chi connectivity index (χ1n) is 7.86. The minimum Gasteiger partial charge on any atom is -0.486 e. The smallest absolute Gasteiger partial charge is 0.361 e. The summed E-state index contributed by atoms with van der Waals surface area (Å²) in [6, 6.07) is 5.68. The Balaban J connectivity index is 1.45. The van der Waals surface area contributed by atoms with Crippen LogP contribution >= 0.6 is 0 Å². The zero-order chi connectivity index (χ0) is 17.6. The molecule has 0 saturated heterocycles. The summed E-state index contributed by atoms with van der Waals surface area (Å²) in [5.41, 5.74) is 1.03. The molecule has 0 fully saturated rings. The van der Waals surface area contributed by atoms with Gasteiger partial charge in [0.05, 0.1) is 6.20 Å². The Bertz CT molecular complexity index is 747. The molecule has 3 rings (SSSR count). The van der Waals surface area contributed by atoms with Crippen LogP contribution < -0.4 is 14.8 Å². The molecule has 132 valence electrons. The van der Waals surface area contributed by atoms with E-state index in [4.69, 9.17) is 14.2 Å². The predicted molar refractivity (Wildman–Crippen MR) is 85.4 cm³/mol. The molecule has 0 bridgehead atoms. The van der Waals surface area contributed by atoms with Crippen LogP contribution in [0.3, 0.4) is 0 Å². The summed E-state index contributed by atoms with van der Waals surface area (Å²) in [5, 5.41) is 12.1. The molecule has 2 heterocycles. The van der Waals surface area contributed by atoms with Crippen molar-refractivity contribution >= 4 is 11.9 Å². The second-order valence-corrected chi connectivity index (χ2v) is 5.42. The van der Waals surface area contributed by atoms with E-state index in [1.165, 1.54) is 13.1 Å². The number of fused-ring (bicyclic) bond motifs is 1. The number of hydrogen-bond acceptors (Lipinski definition) is 7. The van der Waals surface area contributed by atoms with Gasteiger partial charge in [-0.2, -0.15) is 10.3 Å². The van der Waals surface area contributed by atoms with Crippen molar-refractivity contribution in [1.82, 2.24) is 20.7 Å². The van der Waals surface area contributed by atoms with Gasteiger partial charge in [-0.05, 0) is 31.0 Å². The van der Waals surface area contributed by atoms with Gasteiger partial charge in [-0.25, -0.2) is 4.79 Å². The average molecular weight is 346 g/mol. The van der Waals surface area contributed by atoms with E-state index in [0.29, 0.717) is 31.9 Å². The van der Waals surface area contributed by atoms with E-state index in [1.807, 2.05) is 18.2 Å². The number of hydrogen-bond donors (Lipinski definition) is 2. The van der Waals surface area contributed by atoms with Crippen LogP contribution in [0.25, 0.3) is 0 Å². The van der Waals surface area contributed by atoms with E-state index >= 15 is 0 Å². The number of carbonyl (C=O) groups excluding carboxylic acids is 2. The molecule has 9 heteroatoms. The van der Waals surface area contributed by atoms with Gasteiger partial charge in [-0.3, -0.25) is 4.79 Å². The van der Waals surface area contributed by atoms with Crippen molar-refractivity contribution in [1.29, 1.82) is 0 Å². The van der Waals surface area contributed by atoms with Crippen LogP contribution in [0.1, 0.15) is 23.0 Å². The Morgan fingerprint density at radius 3 is 2.88 bits per heavy atom. The third kappa shape index (κ3) is 4.25. The van der Waals surface area contributed by atoms with E-state index in [1.54, 1.807) is 0 Å². The standard InChI is InChI=1S/C16H18N4O5/c1-10(25-16(22)12-9-18-20-19-12)15(21)17-5-4-11-2-3-13-14(8-11)24-7-6-23-13/h2-3,8-10H,4-7H2,1H3,(H,17,21)(H,18,19,20). The topological polar surface area (TPSA) is 115 Å². The molecule has 1 aliphatic rings. The SMILES string of the molecule is CC(OC(=O)c1cn[nH]n1)C(=O)NCCc1ccc2c(c1)OCCO2. The summed E-state index contributed by atoms with van der Waals surface area (Å²) in [5.74, 6) is 0.357. The molecule has 0 spiro atoms. The Morgan fingerprint density at radius 2 is 2.12 bits per heavy atom. The van der Waals surface area contributed by atoms with Crippen molar-refractivity contribution in [2.24, 2.45) is 0 Å². The van der Waals surface area contributed by atoms with Gasteiger partial charge in [0.15, 0.2) is 23.3 Å². The lowest BCUT2D eigenvalue weighted by Gasteiger charge is -2.19. The summed E-state index contributed by atoms with van der Waals surface area (Å²) in [7, 11) is 0. The number of benzene rings is 1. The number of H-pyrrole nitrogens is 1. The average Bonchev–Trinajstić information content (AvgIpc) is 3.16. The Kier molecular flexibility index (Phi) is 5.12. The van der Waals surface area contributed by atoms with Crippen molar-refractivity contribution < 1.29 is 23.8 Å². The molecular formula is C16H18N4O5. The summed E-state index contributed by atoms with van der Waals surface area (Å²) in [6.45, 7) is 2.98. The van der Waals surface area contributed by atoms with Gasteiger partial charge in [0, 0.05) is 6.54 Å². The Labute approximate surface area is 143 Å². The number of esters is 1. The summed E-state index contributed by atoms with van der Waals surface area (Å²) < 4.78 is 16.0. The van der Waals surface area contributed by atoms with Gasteiger partial charge in [-0.15, -0.1) is 5.10 Å². The highest BCUT2D eigenvalue weighted by atomic mass is 16.6. The van der Waals surface area contributed by atoms with Crippen LogP contribution in [0.2, 0.25) is 0 Å². The van der Waals surface area contributed by atoms with Crippen LogP contribution in [-0.2, 0) is 16.0 Å². The molecule has 25 heavy (non-hydrogen) atoms. The number of ether oxygens (including phenoxy) is 3. The quantitative estimate of drug-likeness (QED) is 0.731. The largest absolute Gasteiger partial charge is 0.486 e. The first-order valence-corrected chi connectivity index (χ1v) is 7.86. The second-order valence-electron chi connectivity index (χ2n) is 5.42. The van der Waals surface area contributed by atoms with Crippen LogP contribution in [0.15, 0.2) is 24.4 Å². The molecule has 1 aromatic carbocycles. The number of rotatable bonds is 6. The third-order valence-electron chi connectivity index (χ3n) is 3.60. The number of aromatic nitrogens is 3.